The van der Waals surface area contributed by atoms with Crippen molar-refractivity contribution in [1.29, 1.82) is 0 Å². The van der Waals surface area contributed by atoms with E-state index >= 15 is 0 Å². The average Bonchev–Trinajstić information content (AvgIpc) is 2.33. The lowest BCUT2D eigenvalue weighted by Gasteiger charge is -1.95. The Morgan fingerprint density at radius 1 is 1.30 bits per heavy atom. The maximum absolute atomic E-state index is 12.5. The van der Waals surface area contributed by atoms with Gasteiger partial charge in [-0.25, -0.2) is 4.39 Å². The van der Waals surface area contributed by atoms with Crippen LogP contribution in [0.4, 0.5) is 4.39 Å². The highest BCUT2D eigenvalue weighted by molar-refractivity contribution is 5.37. The van der Waals surface area contributed by atoms with Crippen molar-refractivity contribution in [2.45, 2.75) is 12.8 Å². The van der Waals surface area contributed by atoms with Gasteiger partial charge in [0.1, 0.15) is 5.82 Å². The predicted octanol–water partition coefficient (Wildman–Crippen LogP) is 2.32. The van der Waals surface area contributed by atoms with E-state index in [-0.39, 0.29) is 5.82 Å². The highest BCUT2D eigenvalue weighted by Crippen LogP contribution is 2.23. The summed E-state index contributed by atoms with van der Waals surface area (Å²) in [6, 6.07) is 4.98. The van der Waals surface area contributed by atoms with Crippen molar-refractivity contribution >= 4 is 0 Å². The van der Waals surface area contributed by atoms with Gasteiger partial charge >= 0.3 is 0 Å². The van der Waals surface area contributed by atoms with E-state index in [2.05, 4.69) is 6.42 Å². The summed E-state index contributed by atoms with van der Waals surface area (Å²) in [5.74, 6) is -0.117. The first-order valence-electron chi connectivity index (χ1n) is 3.48. The normalized spacial score (nSPS) is 15.3. The van der Waals surface area contributed by atoms with Gasteiger partial charge < -0.3 is 0 Å². The van der Waals surface area contributed by atoms with Gasteiger partial charge in [0.05, 0.1) is 0 Å². The van der Waals surface area contributed by atoms with E-state index in [0.29, 0.717) is 0 Å². The monoisotopic (exact) mass is 135 g/mol. The summed E-state index contributed by atoms with van der Waals surface area (Å²) in [4.78, 5) is 0. The second-order valence-corrected chi connectivity index (χ2v) is 2.59. The first-order chi connectivity index (χ1) is 4.86. The SMILES string of the molecule is Fc1ccc2c(c1)CC[CH]2. The largest absolute Gasteiger partial charge is 0.207 e. The van der Waals surface area contributed by atoms with Crippen molar-refractivity contribution in [2.24, 2.45) is 0 Å². The van der Waals surface area contributed by atoms with Crippen LogP contribution < -0.4 is 0 Å². The molecule has 0 aliphatic heterocycles. The zero-order chi connectivity index (χ0) is 6.97. The van der Waals surface area contributed by atoms with Gasteiger partial charge in [-0.05, 0) is 42.5 Å². The van der Waals surface area contributed by atoms with Gasteiger partial charge in [-0.3, -0.25) is 0 Å². The van der Waals surface area contributed by atoms with Crippen LogP contribution in [0.25, 0.3) is 0 Å². The lowest BCUT2D eigenvalue weighted by atomic mass is 10.1. The van der Waals surface area contributed by atoms with Crippen molar-refractivity contribution < 1.29 is 4.39 Å². The molecule has 1 aromatic rings. The highest BCUT2D eigenvalue weighted by Gasteiger charge is 2.10. The molecule has 1 aliphatic rings. The van der Waals surface area contributed by atoms with Gasteiger partial charge in [-0.2, -0.15) is 0 Å². The quantitative estimate of drug-likeness (QED) is 0.512. The van der Waals surface area contributed by atoms with E-state index in [1.165, 1.54) is 11.6 Å². The third-order valence-electron chi connectivity index (χ3n) is 1.88. The standard InChI is InChI=1S/C9H8F/c10-9-5-4-7-2-1-3-8(7)6-9/h2,4-6H,1,3H2. The molecule has 0 unspecified atom stereocenters. The number of hydrogen-bond donors (Lipinski definition) is 0. The maximum atomic E-state index is 12.5. The van der Waals surface area contributed by atoms with E-state index in [1.807, 2.05) is 6.07 Å². The van der Waals surface area contributed by atoms with Gasteiger partial charge in [-0.15, -0.1) is 0 Å². The summed E-state index contributed by atoms with van der Waals surface area (Å²) in [5.41, 5.74) is 2.36. The zero-order valence-corrected chi connectivity index (χ0v) is 5.60. The van der Waals surface area contributed by atoms with Crippen molar-refractivity contribution in [3.05, 3.63) is 41.6 Å². The number of halogens is 1. The molecule has 0 N–H and O–H groups in total. The third kappa shape index (κ3) is 0.821. The Bertz CT molecular complexity index is 253. The Balaban J connectivity index is 2.52. The van der Waals surface area contributed by atoms with Crippen LogP contribution in [-0.4, -0.2) is 0 Å². The molecule has 0 spiro atoms. The molecular formula is C9H8F. The summed E-state index contributed by atoms with van der Waals surface area (Å²) < 4.78 is 12.5. The molecule has 1 heteroatoms. The van der Waals surface area contributed by atoms with Crippen molar-refractivity contribution in [3.63, 3.8) is 0 Å². The Hall–Kier alpha value is -0.850. The van der Waals surface area contributed by atoms with E-state index in [9.17, 15) is 4.39 Å². The minimum Gasteiger partial charge on any atom is -0.207 e. The molecule has 0 nitrogen and oxygen atoms in total. The fourth-order valence-corrected chi connectivity index (χ4v) is 1.37. The highest BCUT2D eigenvalue weighted by atomic mass is 19.1. The first-order valence-corrected chi connectivity index (χ1v) is 3.48. The second kappa shape index (κ2) is 2.08. The second-order valence-electron chi connectivity index (χ2n) is 2.59. The lowest BCUT2D eigenvalue weighted by Crippen LogP contribution is -1.81. The fraction of sp³-hybridized carbons (Fsp3) is 0.222. The molecule has 0 bridgehead atoms. The van der Waals surface area contributed by atoms with Crippen LogP contribution in [0.3, 0.4) is 0 Å². The molecule has 1 radical (unpaired) electrons. The van der Waals surface area contributed by atoms with Crippen molar-refractivity contribution in [1.82, 2.24) is 0 Å². The Morgan fingerprint density at radius 3 is 3.10 bits per heavy atom. The van der Waals surface area contributed by atoms with E-state index in [4.69, 9.17) is 0 Å². The summed E-state index contributed by atoms with van der Waals surface area (Å²) in [7, 11) is 0. The van der Waals surface area contributed by atoms with Crippen LogP contribution in [0, 0.1) is 12.2 Å². The first kappa shape index (κ1) is 5.90. The zero-order valence-electron chi connectivity index (χ0n) is 5.60. The van der Waals surface area contributed by atoms with Crippen LogP contribution in [-0.2, 0) is 6.42 Å². The van der Waals surface area contributed by atoms with E-state index in [0.717, 1.165) is 18.4 Å². The predicted molar refractivity (Wildman–Crippen MR) is 38.1 cm³/mol. The van der Waals surface area contributed by atoms with Gasteiger partial charge in [-0.1, -0.05) is 6.07 Å². The molecule has 1 aromatic carbocycles. The lowest BCUT2D eigenvalue weighted by molar-refractivity contribution is 0.626. The molecule has 0 aromatic heterocycles. The Morgan fingerprint density at radius 2 is 2.20 bits per heavy atom. The molecule has 0 atom stereocenters. The van der Waals surface area contributed by atoms with E-state index < -0.39 is 0 Å². The molecule has 0 amide bonds. The van der Waals surface area contributed by atoms with Gasteiger partial charge in [0.2, 0.25) is 0 Å². The molecule has 0 saturated heterocycles. The maximum Gasteiger partial charge on any atom is 0.123 e. The summed E-state index contributed by atoms with van der Waals surface area (Å²) in [6.07, 6.45) is 4.22. The summed E-state index contributed by atoms with van der Waals surface area (Å²) in [5, 5.41) is 0. The van der Waals surface area contributed by atoms with Crippen LogP contribution in [0.5, 0.6) is 0 Å². The van der Waals surface area contributed by atoms with Crippen molar-refractivity contribution in [2.75, 3.05) is 0 Å². The van der Waals surface area contributed by atoms with Crippen LogP contribution in [0.15, 0.2) is 18.2 Å². The number of fused-ring (bicyclic) bond motifs is 1. The third-order valence-corrected chi connectivity index (χ3v) is 1.88. The van der Waals surface area contributed by atoms with E-state index in [1.54, 1.807) is 6.07 Å². The number of benzene rings is 1. The van der Waals surface area contributed by atoms with Crippen LogP contribution in [0.2, 0.25) is 0 Å². The average molecular weight is 135 g/mol. The Labute approximate surface area is 59.7 Å². The van der Waals surface area contributed by atoms with Gasteiger partial charge in [0.15, 0.2) is 0 Å². The molecule has 51 valence electrons. The topological polar surface area (TPSA) is 0 Å². The molecule has 0 fully saturated rings. The summed E-state index contributed by atoms with van der Waals surface area (Å²) in [6.45, 7) is 0. The number of rotatable bonds is 0. The smallest absolute Gasteiger partial charge is 0.123 e. The van der Waals surface area contributed by atoms with Crippen LogP contribution in [0.1, 0.15) is 17.5 Å². The fourth-order valence-electron chi connectivity index (χ4n) is 1.37. The molecule has 0 saturated carbocycles. The minimum absolute atomic E-state index is 0.117. The van der Waals surface area contributed by atoms with Crippen LogP contribution >= 0.6 is 0 Å². The molecular weight excluding hydrogens is 127 g/mol. The van der Waals surface area contributed by atoms with Gasteiger partial charge in [0, 0.05) is 0 Å². The number of hydrogen-bond acceptors (Lipinski definition) is 0. The minimum atomic E-state index is -0.117. The molecule has 1 aliphatic carbocycles. The molecule has 2 rings (SSSR count). The number of aryl methyl sites for hydroxylation is 1. The van der Waals surface area contributed by atoms with Crippen molar-refractivity contribution in [3.8, 4) is 0 Å². The summed E-state index contributed by atoms with van der Waals surface area (Å²) >= 11 is 0. The molecule has 0 heterocycles. The van der Waals surface area contributed by atoms with Gasteiger partial charge in [0.25, 0.3) is 0 Å². The Kier molecular flexibility index (Phi) is 1.23. The molecule has 10 heavy (non-hydrogen) atoms.